The summed E-state index contributed by atoms with van der Waals surface area (Å²) in [6.45, 7) is 4.71. The van der Waals surface area contributed by atoms with Crippen LogP contribution in [0.3, 0.4) is 0 Å². The van der Waals surface area contributed by atoms with E-state index in [2.05, 4.69) is 0 Å². The van der Waals surface area contributed by atoms with Crippen molar-refractivity contribution in [2.45, 2.75) is 27.2 Å². The first-order valence-corrected chi connectivity index (χ1v) is 7.74. The molecule has 136 valence electrons. The van der Waals surface area contributed by atoms with Crippen molar-refractivity contribution in [2.24, 2.45) is 11.7 Å². The van der Waals surface area contributed by atoms with E-state index in [1.54, 1.807) is 24.3 Å². The molecule has 0 spiro atoms. The number of carbonyl (C=O) groups is 3. The number of hydrogen-bond acceptors (Lipinski definition) is 6. The predicted octanol–water partition coefficient (Wildman–Crippen LogP) is 1.74. The molecule has 0 unspecified atom stereocenters. The van der Waals surface area contributed by atoms with E-state index >= 15 is 0 Å². The van der Waals surface area contributed by atoms with Crippen LogP contribution >= 0.6 is 0 Å². The summed E-state index contributed by atoms with van der Waals surface area (Å²) >= 11 is 0. The van der Waals surface area contributed by atoms with E-state index in [4.69, 9.17) is 19.9 Å². The third-order valence-corrected chi connectivity index (χ3v) is 3.19. The summed E-state index contributed by atoms with van der Waals surface area (Å²) < 4.78 is 15.2. The molecule has 7 heteroatoms. The third-order valence-electron chi connectivity index (χ3n) is 3.19. The highest BCUT2D eigenvalue weighted by Crippen LogP contribution is 2.23. The van der Waals surface area contributed by atoms with Crippen LogP contribution in [0.25, 0.3) is 0 Å². The van der Waals surface area contributed by atoms with Gasteiger partial charge in [-0.05, 0) is 17.7 Å². The van der Waals surface area contributed by atoms with Gasteiger partial charge in [0.1, 0.15) is 11.5 Å². The monoisotopic (exact) mass is 349 g/mol. The van der Waals surface area contributed by atoms with Crippen molar-refractivity contribution < 1.29 is 28.6 Å². The molecule has 0 aliphatic carbocycles. The average molecular weight is 349 g/mol. The molecular formula is C18H23NO6. The Bertz CT molecular complexity index is 661. The maximum atomic E-state index is 12.1. The van der Waals surface area contributed by atoms with E-state index in [1.165, 1.54) is 14.0 Å². The molecule has 0 saturated heterocycles. The van der Waals surface area contributed by atoms with Crippen LogP contribution in [0.1, 0.15) is 26.3 Å². The number of nitrogens with two attached hydrogens (primary N) is 1. The topological polar surface area (TPSA) is 105 Å². The second-order valence-corrected chi connectivity index (χ2v) is 5.66. The summed E-state index contributed by atoms with van der Waals surface area (Å²) in [5, 5.41) is 0. The number of amides is 1. The molecule has 1 rings (SSSR count). The molecule has 0 aliphatic rings. The number of carbonyl (C=O) groups excluding carboxylic acids is 3. The van der Waals surface area contributed by atoms with Gasteiger partial charge in [0.2, 0.25) is 0 Å². The maximum absolute atomic E-state index is 12.1. The smallest absolute Gasteiger partial charge is 0.337 e. The first-order chi connectivity index (χ1) is 11.7. The lowest BCUT2D eigenvalue weighted by atomic mass is 9.99. The van der Waals surface area contributed by atoms with Gasteiger partial charge in [-0.25, -0.2) is 4.79 Å². The number of esters is 2. The van der Waals surface area contributed by atoms with E-state index in [0.29, 0.717) is 5.75 Å². The minimum atomic E-state index is -0.567. The fourth-order valence-corrected chi connectivity index (χ4v) is 2.13. The Morgan fingerprint density at radius 3 is 2.16 bits per heavy atom. The Labute approximate surface area is 146 Å². The molecule has 2 N–H and O–H groups in total. The summed E-state index contributed by atoms with van der Waals surface area (Å²) in [5.74, 6) is -1.03. The Hall–Kier alpha value is -2.83. The molecule has 7 nitrogen and oxygen atoms in total. The van der Waals surface area contributed by atoms with Gasteiger partial charge >= 0.3 is 11.9 Å². The molecule has 0 bridgehead atoms. The van der Waals surface area contributed by atoms with Crippen LogP contribution in [-0.2, 0) is 30.3 Å². The molecule has 1 amide bonds. The quantitative estimate of drug-likeness (QED) is 0.435. The largest absolute Gasteiger partial charge is 0.484 e. The molecule has 0 aromatic heterocycles. The maximum Gasteiger partial charge on any atom is 0.337 e. The standard InChI is InChI=1S/C18H23NO6/c1-11(2)17(25-12(3)20)15(18(22)23-4)9-13-5-7-14(8-6-13)24-10-16(19)21/h5-8,11H,9-10H2,1-4H3,(H2,19,21). The molecule has 0 aliphatic heterocycles. The number of allylic oxidation sites excluding steroid dienone is 1. The van der Waals surface area contributed by atoms with Crippen LogP contribution in [0.2, 0.25) is 0 Å². The zero-order valence-corrected chi connectivity index (χ0v) is 14.8. The predicted molar refractivity (Wildman–Crippen MR) is 90.5 cm³/mol. The first kappa shape index (κ1) is 20.2. The number of hydrogen-bond donors (Lipinski definition) is 1. The zero-order chi connectivity index (χ0) is 19.0. The van der Waals surface area contributed by atoms with Crippen molar-refractivity contribution in [1.82, 2.24) is 0 Å². The van der Waals surface area contributed by atoms with Crippen molar-refractivity contribution in [3.05, 3.63) is 41.2 Å². The molecule has 1 aromatic carbocycles. The SMILES string of the molecule is COC(=O)C(Cc1ccc(OCC(N)=O)cc1)=C(OC(C)=O)C(C)C. The van der Waals surface area contributed by atoms with Gasteiger partial charge in [0.05, 0.1) is 12.7 Å². The van der Waals surface area contributed by atoms with Gasteiger partial charge in [0, 0.05) is 19.3 Å². The van der Waals surface area contributed by atoms with E-state index in [-0.39, 0.29) is 30.3 Å². The lowest BCUT2D eigenvalue weighted by Crippen LogP contribution is -2.20. The van der Waals surface area contributed by atoms with Crippen LogP contribution in [0, 0.1) is 5.92 Å². The first-order valence-electron chi connectivity index (χ1n) is 7.74. The Kier molecular flexibility index (Phi) is 7.65. The fourth-order valence-electron chi connectivity index (χ4n) is 2.13. The number of primary amides is 1. The highest BCUT2D eigenvalue weighted by molar-refractivity contribution is 5.90. The highest BCUT2D eigenvalue weighted by Gasteiger charge is 2.22. The lowest BCUT2D eigenvalue weighted by Gasteiger charge is -2.16. The van der Waals surface area contributed by atoms with Gasteiger partial charge in [-0.15, -0.1) is 0 Å². The second-order valence-electron chi connectivity index (χ2n) is 5.66. The average Bonchev–Trinajstić information content (AvgIpc) is 2.56. The van der Waals surface area contributed by atoms with Crippen LogP contribution in [0.4, 0.5) is 0 Å². The molecule has 0 radical (unpaired) electrons. The normalized spacial score (nSPS) is 11.6. The molecule has 1 aromatic rings. The minimum Gasteiger partial charge on any atom is -0.484 e. The molecule has 25 heavy (non-hydrogen) atoms. The Balaban J connectivity index is 3.07. The molecule has 0 heterocycles. The summed E-state index contributed by atoms with van der Waals surface area (Å²) in [7, 11) is 1.27. The zero-order valence-electron chi connectivity index (χ0n) is 14.8. The number of ether oxygens (including phenoxy) is 3. The van der Waals surface area contributed by atoms with Gasteiger partial charge in [-0.2, -0.15) is 0 Å². The highest BCUT2D eigenvalue weighted by atomic mass is 16.5. The van der Waals surface area contributed by atoms with Crippen molar-refractivity contribution in [3.8, 4) is 5.75 Å². The van der Waals surface area contributed by atoms with E-state index in [1.807, 2.05) is 13.8 Å². The van der Waals surface area contributed by atoms with Crippen molar-refractivity contribution in [3.63, 3.8) is 0 Å². The number of rotatable bonds is 8. The fraction of sp³-hybridized carbons (Fsp3) is 0.389. The van der Waals surface area contributed by atoms with Crippen molar-refractivity contribution >= 4 is 17.8 Å². The third kappa shape index (κ3) is 6.66. The summed E-state index contributed by atoms with van der Waals surface area (Å²) in [6.07, 6.45) is 0.226. The van der Waals surface area contributed by atoms with Crippen LogP contribution < -0.4 is 10.5 Å². The lowest BCUT2D eigenvalue weighted by molar-refractivity contribution is -0.139. The van der Waals surface area contributed by atoms with Crippen LogP contribution in [0.15, 0.2) is 35.6 Å². The Morgan fingerprint density at radius 2 is 1.72 bits per heavy atom. The van der Waals surface area contributed by atoms with E-state index in [9.17, 15) is 14.4 Å². The van der Waals surface area contributed by atoms with Gasteiger partial charge in [-0.3, -0.25) is 9.59 Å². The summed E-state index contributed by atoms with van der Waals surface area (Å²) in [5.41, 5.74) is 6.09. The van der Waals surface area contributed by atoms with Gasteiger partial charge in [0.15, 0.2) is 6.61 Å². The molecule has 0 atom stereocenters. The molecule has 0 saturated carbocycles. The number of methoxy groups -OCH3 is 1. The molecule has 0 fully saturated rings. The molecular weight excluding hydrogens is 326 g/mol. The minimum absolute atomic E-state index is 0.170. The van der Waals surface area contributed by atoms with E-state index in [0.717, 1.165) is 5.56 Å². The van der Waals surface area contributed by atoms with Gasteiger partial charge in [0.25, 0.3) is 5.91 Å². The van der Waals surface area contributed by atoms with Gasteiger partial charge in [-0.1, -0.05) is 26.0 Å². The van der Waals surface area contributed by atoms with Crippen LogP contribution in [-0.4, -0.2) is 31.6 Å². The van der Waals surface area contributed by atoms with Crippen molar-refractivity contribution in [1.29, 1.82) is 0 Å². The van der Waals surface area contributed by atoms with Crippen LogP contribution in [0.5, 0.6) is 5.75 Å². The van der Waals surface area contributed by atoms with Gasteiger partial charge < -0.3 is 19.9 Å². The number of benzene rings is 1. The Morgan fingerprint density at radius 1 is 1.12 bits per heavy atom. The summed E-state index contributed by atoms with van der Waals surface area (Å²) in [4.78, 5) is 34.2. The second kappa shape index (κ2) is 9.46. The summed E-state index contributed by atoms with van der Waals surface area (Å²) in [6, 6.07) is 6.80. The van der Waals surface area contributed by atoms with E-state index < -0.39 is 17.8 Å². The van der Waals surface area contributed by atoms with Crippen molar-refractivity contribution in [2.75, 3.05) is 13.7 Å².